The van der Waals surface area contributed by atoms with Gasteiger partial charge in [-0.15, -0.1) is 0 Å². The minimum Gasteiger partial charge on any atom is -0.382 e. The summed E-state index contributed by atoms with van der Waals surface area (Å²) in [5.74, 6) is 0. The lowest BCUT2D eigenvalue weighted by atomic mass is 9.89. The van der Waals surface area contributed by atoms with Gasteiger partial charge in [-0.2, -0.15) is 0 Å². The van der Waals surface area contributed by atoms with E-state index in [1.165, 1.54) is 0 Å². The van der Waals surface area contributed by atoms with Gasteiger partial charge in [0.05, 0.1) is 0 Å². The van der Waals surface area contributed by atoms with E-state index in [-0.39, 0.29) is 0 Å². The fourth-order valence-electron chi connectivity index (χ4n) is 1.29. The molecule has 2 rings (SSSR count). The van der Waals surface area contributed by atoms with E-state index in [0.717, 1.165) is 0 Å². The zero-order valence-corrected chi connectivity index (χ0v) is 7.17. The maximum atomic E-state index is 9.88. The molecule has 0 aliphatic carbocycles. The number of pyridine rings is 1. The van der Waals surface area contributed by atoms with Crippen LogP contribution >= 0.6 is 11.6 Å². The van der Waals surface area contributed by atoms with E-state index in [4.69, 9.17) is 11.6 Å². The molecule has 0 radical (unpaired) electrons. The lowest BCUT2D eigenvalue weighted by Gasteiger charge is -2.38. The molecule has 4 heteroatoms. The predicted octanol–water partition coefficient (Wildman–Crippen LogP) is 0.526. The molecule has 0 bridgehead atoms. The Morgan fingerprint density at radius 2 is 2.33 bits per heavy atom. The highest BCUT2D eigenvalue weighted by Crippen LogP contribution is 2.29. The van der Waals surface area contributed by atoms with Crippen LogP contribution in [-0.2, 0) is 5.60 Å². The van der Waals surface area contributed by atoms with Gasteiger partial charge in [0.2, 0.25) is 0 Å². The first-order valence-corrected chi connectivity index (χ1v) is 4.14. The average Bonchev–Trinajstić information content (AvgIpc) is 2.01. The maximum absolute atomic E-state index is 9.88. The van der Waals surface area contributed by atoms with Gasteiger partial charge < -0.3 is 10.4 Å². The number of β-amino-alcohol motifs (C(OH)–C–C–N with tert-alkyl or cyclic N) is 1. The lowest BCUT2D eigenvalue weighted by molar-refractivity contribution is -0.0148. The van der Waals surface area contributed by atoms with Gasteiger partial charge in [-0.1, -0.05) is 17.7 Å². The molecule has 3 nitrogen and oxygen atoms in total. The molecule has 64 valence electrons. The van der Waals surface area contributed by atoms with Crippen LogP contribution in [0.3, 0.4) is 0 Å². The Balaban J connectivity index is 2.39. The summed E-state index contributed by atoms with van der Waals surface area (Å²) in [7, 11) is 0. The van der Waals surface area contributed by atoms with E-state index in [1.807, 2.05) is 0 Å². The molecule has 0 aromatic carbocycles. The summed E-state index contributed by atoms with van der Waals surface area (Å²) in [6.07, 6.45) is 1.61. The van der Waals surface area contributed by atoms with Crippen LogP contribution in [0.4, 0.5) is 0 Å². The van der Waals surface area contributed by atoms with Gasteiger partial charge in [0.1, 0.15) is 10.8 Å². The average molecular weight is 185 g/mol. The standard InChI is InChI=1S/C8H9ClN2O/c9-7-6(2-1-3-11-7)8(12)4-10-5-8/h1-3,10,12H,4-5H2. The van der Waals surface area contributed by atoms with Crippen LogP contribution in [0.25, 0.3) is 0 Å². The van der Waals surface area contributed by atoms with Crippen LogP contribution in [0.5, 0.6) is 0 Å². The quantitative estimate of drug-likeness (QED) is 0.626. The Morgan fingerprint density at radius 3 is 2.83 bits per heavy atom. The molecule has 1 aromatic heterocycles. The van der Waals surface area contributed by atoms with E-state index in [9.17, 15) is 5.11 Å². The Hall–Kier alpha value is -0.640. The molecule has 2 heterocycles. The van der Waals surface area contributed by atoms with Gasteiger partial charge in [-0.05, 0) is 6.07 Å². The molecule has 0 saturated carbocycles. The zero-order chi connectivity index (χ0) is 8.60. The Labute approximate surface area is 75.4 Å². The predicted molar refractivity (Wildman–Crippen MR) is 46.0 cm³/mol. The third kappa shape index (κ3) is 1.10. The van der Waals surface area contributed by atoms with Gasteiger partial charge in [0.25, 0.3) is 0 Å². The summed E-state index contributed by atoms with van der Waals surface area (Å²) in [5, 5.41) is 13.3. The summed E-state index contributed by atoms with van der Waals surface area (Å²) in [6, 6.07) is 3.58. The van der Waals surface area contributed by atoms with Gasteiger partial charge >= 0.3 is 0 Å². The van der Waals surface area contributed by atoms with Gasteiger partial charge in [-0.25, -0.2) is 4.98 Å². The van der Waals surface area contributed by atoms with Crippen LogP contribution in [-0.4, -0.2) is 23.2 Å². The second-order valence-electron chi connectivity index (χ2n) is 2.98. The number of rotatable bonds is 1. The van der Waals surface area contributed by atoms with Gasteiger partial charge in [-0.3, -0.25) is 0 Å². The molecular weight excluding hydrogens is 176 g/mol. The highest BCUT2D eigenvalue weighted by atomic mass is 35.5. The highest BCUT2D eigenvalue weighted by Gasteiger charge is 2.37. The molecule has 0 atom stereocenters. The molecule has 0 spiro atoms. The molecule has 1 saturated heterocycles. The number of halogens is 1. The van der Waals surface area contributed by atoms with Crippen molar-refractivity contribution in [1.29, 1.82) is 0 Å². The van der Waals surface area contributed by atoms with Crippen molar-refractivity contribution >= 4 is 11.6 Å². The largest absolute Gasteiger partial charge is 0.382 e. The van der Waals surface area contributed by atoms with Crippen molar-refractivity contribution in [3.05, 3.63) is 29.0 Å². The maximum Gasteiger partial charge on any atom is 0.135 e. The smallest absolute Gasteiger partial charge is 0.135 e. The molecule has 1 fully saturated rings. The van der Waals surface area contributed by atoms with E-state index in [2.05, 4.69) is 10.3 Å². The number of nitrogens with one attached hydrogen (secondary N) is 1. The first kappa shape index (κ1) is 7.98. The number of aliphatic hydroxyl groups is 1. The first-order chi connectivity index (χ1) is 5.72. The fraction of sp³-hybridized carbons (Fsp3) is 0.375. The van der Waals surface area contributed by atoms with Crippen LogP contribution < -0.4 is 5.32 Å². The number of aromatic nitrogens is 1. The fourth-order valence-corrected chi connectivity index (χ4v) is 1.58. The molecule has 1 aliphatic rings. The molecular formula is C8H9ClN2O. The van der Waals surface area contributed by atoms with Crippen LogP contribution in [0.15, 0.2) is 18.3 Å². The highest BCUT2D eigenvalue weighted by molar-refractivity contribution is 6.30. The van der Waals surface area contributed by atoms with E-state index >= 15 is 0 Å². The van der Waals surface area contributed by atoms with Gasteiger partial charge in [0.15, 0.2) is 0 Å². The third-order valence-corrected chi connectivity index (χ3v) is 2.40. The van der Waals surface area contributed by atoms with Crippen molar-refractivity contribution in [2.24, 2.45) is 0 Å². The normalized spacial score (nSPS) is 20.2. The second kappa shape index (κ2) is 2.69. The molecule has 0 amide bonds. The van der Waals surface area contributed by atoms with Crippen LogP contribution in [0.2, 0.25) is 5.15 Å². The van der Waals surface area contributed by atoms with Crippen LogP contribution in [0.1, 0.15) is 5.56 Å². The third-order valence-electron chi connectivity index (χ3n) is 2.10. The number of hydrogen-bond acceptors (Lipinski definition) is 3. The van der Waals surface area contributed by atoms with Gasteiger partial charge in [0, 0.05) is 24.8 Å². The minimum atomic E-state index is -0.800. The summed E-state index contributed by atoms with van der Waals surface area (Å²) in [4.78, 5) is 3.90. The lowest BCUT2D eigenvalue weighted by Crippen LogP contribution is -2.56. The summed E-state index contributed by atoms with van der Waals surface area (Å²) < 4.78 is 0. The SMILES string of the molecule is OC1(c2cccnc2Cl)CNC1. The summed E-state index contributed by atoms with van der Waals surface area (Å²) >= 11 is 5.82. The molecule has 12 heavy (non-hydrogen) atoms. The number of nitrogens with zero attached hydrogens (tertiary/aromatic N) is 1. The Bertz CT molecular complexity index is 299. The van der Waals surface area contributed by atoms with E-state index < -0.39 is 5.60 Å². The van der Waals surface area contributed by atoms with Crippen molar-refractivity contribution in [3.8, 4) is 0 Å². The summed E-state index contributed by atoms with van der Waals surface area (Å²) in [6.45, 7) is 1.11. The van der Waals surface area contributed by atoms with Crippen molar-refractivity contribution in [3.63, 3.8) is 0 Å². The van der Waals surface area contributed by atoms with E-state index in [1.54, 1.807) is 18.3 Å². The van der Waals surface area contributed by atoms with Crippen molar-refractivity contribution < 1.29 is 5.11 Å². The second-order valence-corrected chi connectivity index (χ2v) is 3.33. The Morgan fingerprint density at radius 1 is 1.58 bits per heavy atom. The number of hydrogen-bond donors (Lipinski definition) is 2. The molecule has 2 N–H and O–H groups in total. The summed E-state index contributed by atoms with van der Waals surface area (Å²) in [5.41, 5.74) is -0.0869. The molecule has 1 aliphatic heterocycles. The van der Waals surface area contributed by atoms with Crippen molar-refractivity contribution in [2.45, 2.75) is 5.60 Å². The van der Waals surface area contributed by atoms with Crippen molar-refractivity contribution in [2.75, 3.05) is 13.1 Å². The zero-order valence-electron chi connectivity index (χ0n) is 6.42. The first-order valence-electron chi connectivity index (χ1n) is 3.76. The monoisotopic (exact) mass is 184 g/mol. The molecule has 0 unspecified atom stereocenters. The Kier molecular flexibility index (Phi) is 1.79. The topological polar surface area (TPSA) is 45.2 Å². The van der Waals surface area contributed by atoms with Crippen LogP contribution in [0, 0.1) is 0 Å². The minimum absolute atomic E-state index is 0.390. The van der Waals surface area contributed by atoms with Crippen molar-refractivity contribution in [1.82, 2.24) is 10.3 Å². The molecule has 1 aromatic rings. The van der Waals surface area contributed by atoms with E-state index in [0.29, 0.717) is 23.8 Å².